The number of esters is 1. The molecular formula is C14H20N2O5. The number of ether oxygens (including phenoxy) is 2. The minimum absolute atomic E-state index is 0.0447. The van der Waals surface area contributed by atoms with E-state index in [1.54, 1.807) is 34.6 Å². The van der Waals surface area contributed by atoms with Gasteiger partial charge in [-0.1, -0.05) is 0 Å². The third kappa shape index (κ3) is 4.62. The Kier molecular flexibility index (Phi) is 5.12. The van der Waals surface area contributed by atoms with Gasteiger partial charge in [0.05, 0.1) is 6.61 Å². The topological polar surface area (TPSA) is 91.6 Å². The molecule has 1 aromatic heterocycles. The molecule has 1 heterocycles. The molecule has 116 valence electrons. The molecule has 0 aliphatic rings. The van der Waals surface area contributed by atoms with Crippen molar-refractivity contribution in [2.24, 2.45) is 0 Å². The van der Waals surface area contributed by atoms with Gasteiger partial charge in [-0.3, -0.25) is 5.32 Å². The number of pyridine rings is 1. The highest BCUT2D eigenvalue weighted by Crippen LogP contribution is 2.16. The Morgan fingerprint density at radius 2 is 1.95 bits per heavy atom. The zero-order valence-electron chi connectivity index (χ0n) is 12.9. The number of aromatic nitrogens is 1. The molecule has 0 saturated heterocycles. The standard InChI is InChI=1S/C14H20N2O5/c1-6-20-12(17)11-10(8-7-9(2)16(11)19)15-13(18)21-14(3,4)5/h7-8H,6H2,1-5H3,(H,15,18). The predicted molar refractivity (Wildman–Crippen MR) is 76.0 cm³/mol. The van der Waals surface area contributed by atoms with Gasteiger partial charge in [0.15, 0.2) is 5.69 Å². The molecule has 0 aliphatic carbocycles. The summed E-state index contributed by atoms with van der Waals surface area (Å²) in [5, 5.41) is 14.4. The van der Waals surface area contributed by atoms with Crippen LogP contribution in [0.4, 0.5) is 10.5 Å². The normalized spacial score (nSPS) is 10.9. The Morgan fingerprint density at radius 3 is 2.48 bits per heavy atom. The first-order valence-corrected chi connectivity index (χ1v) is 6.56. The van der Waals surface area contributed by atoms with Crippen molar-refractivity contribution in [1.29, 1.82) is 0 Å². The molecule has 0 unspecified atom stereocenters. The number of anilines is 1. The van der Waals surface area contributed by atoms with Crippen LogP contribution in [0.1, 0.15) is 43.9 Å². The van der Waals surface area contributed by atoms with Crippen LogP contribution < -0.4 is 10.0 Å². The number of hydrogen-bond acceptors (Lipinski definition) is 5. The van der Waals surface area contributed by atoms with E-state index in [-0.39, 0.29) is 18.0 Å². The van der Waals surface area contributed by atoms with E-state index in [0.29, 0.717) is 10.4 Å². The van der Waals surface area contributed by atoms with E-state index in [0.717, 1.165) is 0 Å². The summed E-state index contributed by atoms with van der Waals surface area (Å²) in [6.45, 7) is 8.43. The lowest BCUT2D eigenvalue weighted by molar-refractivity contribution is -0.614. The van der Waals surface area contributed by atoms with E-state index >= 15 is 0 Å². The maximum Gasteiger partial charge on any atom is 0.412 e. The van der Waals surface area contributed by atoms with Gasteiger partial charge < -0.3 is 14.7 Å². The van der Waals surface area contributed by atoms with E-state index in [2.05, 4.69) is 5.32 Å². The van der Waals surface area contributed by atoms with Crippen LogP contribution >= 0.6 is 0 Å². The largest absolute Gasteiger partial charge is 0.618 e. The minimum atomic E-state index is -0.803. The zero-order valence-corrected chi connectivity index (χ0v) is 12.9. The van der Waals surface area contributed by atoms with Crippen molar-refractivity contribution >= 4 is 17.7 Å². The van der Waals surface area contributed by atoms with Crippen molar-refractivity contribution < 1.29 is 23.8 Å². The van der Waals surface area contributed by atoms with Crippen LogP contribution in [0.2, 0.25) is 0 Å². The Morgan fingerprint density at radius 1 is 1.33 bits per heavy atom. The van der Waals surface area contributed by atoms with Crippen molar-refractivity contribution in [3.63, 3.8) is 0 Å². The van der Waals surface area contributed by atoms with Gasteiger partial charge in [0, 0.05) is 13.0 Å². The van der Waals surface area contributed by atoms with E-state index in [1.807, 2.05) is 0 Å². The first-order chi connectivity index (χ1) is 9.65. The van der Waals surface area contributed by atoms with Gasteiger partial charge in [-0.15, -0.1) is 0 Å². The Bertz CT molecular complexity index is 549. The van der Waals surface area contributed by atoms with Crippen molar-refractivity contribution in [1.82, 2.24) is 0 Å². The summed E-state index contributed by atoms with van der Waals surface area (Å²) < 4.78 is 10.3. The molecule has 0 aliphatic heterocycles. The Hall–Kier alpha value is -2.31. The lowest BCUT2D eigenvalue weighted by atomic mass is 10.2. The van der Waals surface area contributed by atoms with E-state index < -0.39 is 17.7 Å². The van der Waals surface area contributed by atoms with E-state index in [1.165, 1.54) is 12.1 Å². The Balaban J connectivity index is 3.10. The monoisotopic (exact) mass is 296 g/mol. The molecule has 0 atom stereocenters. The summed E-state index contributed by atoms with van der Waals surface area (Å²) in [6.07, 6.45) is -0.753. The zero-order chi connectivity index (χ0) is 16.2. The average Bonchev–Trinajstić information content (AvgIpc) is 2.32. The molecule has 21 heavy (non-hydrogen) atoms. The van der Waals surface area contributed by atoms with Gasteiger partial charge >= 0.3 is 17.8 Å². The number of rotatable bonds is 3. The van der Waals surface area contributed by atoms with E-state index in [9.17, 15) is 14.8 Å². The molecule has 7 heteroatoms. The summed E-state index contributed by atoms with van der Waals surface area (Å²) in [7, 11) is 0. The number of nitrogens with one attached hydrogen (secondary N) is 1. The van der Waals surface area contributed by atoms with Crippen LogP contribution in [0, 0.1) is 12.1 Å². The van der Waals surface area contributed by atoms with Crippen LogP contribution in [0.3, 0.4) is 0 Å². The molecule has 0 saturated carbocycles. The number of carbonyl (C=O) groups is 2. The maximum atomic E-state index is 12.0. The van der Waals surface area contributed by atoms with Crippen molar-refractivity contribution in [2.75, 3.05) is 11.9 Å². The second kappa shape index (κ2) is 6.43. The lowest BCUT2D eigenvalue weighted by Crippen LogP contribution is -2.40. The third-order valence-corrected chi connectivity index (χ3v) is 2.37. The van der Waals surface area contributed by atoms with Crippen molar-refractivity contribution in [3.05, 3.63) is 28.7 Å². The molecule has 0 radical (unpaired) electrons. The highest BCUT2D eigenvalue weighted by molar-refractivity contribution is 5.96. The summed E-state index contributed by atoms with van der Waals surface area (Å²) in [5.41, 5.74) is -0.606. The molecular weight excluding hydrogens is 276 g/mol. The van der Waals surface area contributed by atoms with Crippen LogP contribution in [-0.2, 0) is 9.47 Å². The summed E-state index contributed by atoms with van der Waals surface area (Å²) in [4.78, 5) is 23.6. The molecule has 0 spiro atoms. The fourth-order valence-electron chi connectivity index (χ4n) is 1.54. The molecule has 0 fully saturated rings. The van der Waals surface area contributed by atoms with Gasteiger partial charge in [-0.25, -0.2) is 9.59 Å². The van der Waals surface area contributed by atoms with Gasteiger partial charge in [0.2, 0.25) is 0 Å². The molecule has 1 aromatic rings. The summed E-state index contributed by atoms with van der Waals surface area (Å²) >= 11 is 0. The molecule has 0 bridgehead atoms. The second-order valence-electron chi connectivity index (χ2n) is 5.38. The molecule has 0 aromatic carbocycles. The highest BCUT2D eigenvalue weighted by atomic mass is 16.6. The molecule has 1 N–H and O–H groups in total. The molecule has 1 amide bonds. The van der Waals surface area contributed by atoms with Crippen molar-refractivity contribution in [2.45, 2.75) is 40.2 Å². The lowest BCUT2D eigenvalue weighted by Gasteiger charge is -2.20. The predicted octanol–water partition coefficient (Wildman–Crippen LogP) is 2.15. The van der Waals surface area contributed by atoms with Gasteiger partial charge in [0.25, 0.3) is 0 Å². The highest BCUT2D eigenvalue weighted by Gasteiger charge is 2.27. The smallest absolute Gasteiger partial charge is 0.412 e. The quantitative estimate of drug-likeness (QED) is 0.524. The SMILES string of the molecule is CCOC(=O)c1c(NC(=O)OC(C)(C)C)ccc(C)[n+]1[O-]. The van der Waals surface area contributed by atoms with Crippen LogP contribution in [0.25, 0.3) is 0 Å². The average molecular weight is 296 g/mol. The molecule has 7 nitrogen and oxygen atoms in total. The first kappa shape index (κ1) is 16.7. The number of carbonyl (C=O) groups excluding carboxylic acids is 2. The maximum absolute atomic E-state index is 12.0. The van der Waals surface area contributed by atoms with Gasteiger partial charge in [-0.05, 0) is 33.8 Å². The van der Waals surface area contributed by atoms with Gasteiger partial charge in [-0.2, -0.15) is 4.73 Å². The summed E-state index contributed by atoms with van der Waals surface area (Å²) in [6, 6.07) is 2.95. The van der Waals surface area contributed by atoms with Crippen LogP contribution in [0.15, 0.2) is 12.1 Å². The number of nitrogens with zero attached hydrogens (tertiary/aromatic N) is 1. The number of amides is 1. The molecule has 1 rings (SSSR count). The van der Waals surface area contributed by atoms with Crippen LogP contribution in [0.5, 0.6) is 0 Å². The number of hydrogen-bond donors (Lipinski definition) is 1. The first-order valence-electron chi connectivity index (χ1n) is 6.56. The van der Waals surface area contributed by atoms with Crippen molar-refractivity contribution in [3.8, 4) is 0 Å². The fourth-order valence-corrected chi connectivity index (χ4v) is 1.54. The van der Waals surface area contributed by atoms with E-state index in [4.69, 9.17) is 9.47 Å². The number of aryl methyl sites for hydroxylation is 1. The Labute approximate surface area is 123 Å². The summed E-state index contributed by atoms with van der Waals surface area (Å²) in [5.74, 6) is -0.803. The third-order valence-electron chi connectivity index (χ3n) is 2.37. The van der Waals surface area contributed by atoms with Gasteiger partial charge in [0.1, 0.15) is 11.3 Å². The second-order valence-corrected chi connectivity index (χ2v) is 5.38. The minimum Gasteiger partial charge on any atom is -0.618 e. The fraction of sp³-hybridized carbons (Fsp3) is 0.500. The van der Waals surface area contributed by atoms with Crippen LogP contribution in [-0.4, -0.2) is 24.3 Å².